The molecule has 0 aliphatic rings. The van der Waals surface area contributed by atoms with Gasteiger partial charge < -0.3 is 4.90 Å². The lowest BCUT2D eigenvalue weighted by atomic mass is 10.0. The van der Waals surface area contributed by atoms with Crippen LogP contribution in [0.4, 0.5) is 5.69 Å². The molecule has 2 heteroatoms. The molecule has 0 amide bonds. The average Bonchev–Trinajstić information content (AvgIpc) is 2.46. The van der Waals surface area contributed by atoms with Gasteiger partial charge in [-0.25, -0.2) is 0 Å². The first-order chi connectivity index (χ1) is 9.20. The van der Waals surface area contributed by atoms with Crippen LogP contribution in [0.5, 0.6) is 0 Å². The summed E-state index contributed by atoms with van der Waals surface area (Å²) in [6, 6.07) is 20.1. The fourth-order valence-corrected chi connectivity index (χ4v) is 1.84. The van der Waals surface area contributed by atoms with Crippen molar-refractivity contribution < 1.29 is 0 Å². The first-order valence-electron chi connectivity index (χ1n) is 6.15. The van der Waals surface area contributed by atoms with Gasteiger partial charge in [0.2, 0.25) is 0 Å². The maximum absolute atomic E-state index is 9.29. The van der Waals surface area contributed by atoms with Gasteiger partial charge in [-0.05, 0) is 29.3 Å². The summed E-state index contributed by atoms with van der Waals surface area (Å²) < 4.78 is 0. The Kier molecular flexibility index (Phi) is 4.00. The van der Waals surface area contributed by atoms with Gasteiger partial charge in [0.05, 0.1) is 11.6 Å². The smallest absolute Gasteiger partial charge is 0.0998 e. The minimum atomic E-state index is 0.677. The lowest BCUT2D eigenvalue weighted by molar-refractivity contribution is 1.13. The molecule has 0 aliphatic heterocycles. The molecule has 0 unspecified atom stereocenters. The topological polar surface area (TPSA) is 27.0 Å². The molecule has 0 aromatic heterocycles. The van der Waals surface area contributed by atoms with Crippen LogP contribution in [0, 0.1) is 11.3 Å². The molecule has 2 rings (SSSR count). The lowest BCUT2D eigenvalue weighted by Crippen LogP contribution is -2.08. The van der Waals surface area contributed by atoms with Gasteiger partial charge in [0.25, 0.3) is 0 Å². The minimum absolute atomic E-state index is 0.677. The van der Waals surface area contributed by atoms with Crippen LogP contribution in [-0.2, 0) is 0 Å². The second-order valence-corrected chi connectivity index (χ2v) is 4.52. The first kappa shape index (κ1) is 12.9. The molecule has 0 N–H and O–H groups in total. The third-order valence-electron chi connectivity index (χ3n) is 2.93. The molecule has 0 bridgehead atoms. The highest BCUT2D eigenvalue weighted by molar-refractivity contribution is 5.89. The summed E-state index contributed by atoms with van der Waals surface area (Å²) in [6.07, 6.45) is 1.91. The average molecular weight is 248 g/mol. The number of nitrogens with zero attached hydrogens (tertiary/aromatic N) is 2. The van der Waals surface area contributed by atoms with E-state index in [1.165, 1.54) is 0 Å². The summed E-state index contributed by atoms with van der Waals surface area (Å²) in [5.74, 6) is 0. The van der Waals surface area contributed by atoms with Crippen LogP contribution >= 0.6 is 0 Å². The predicted octanol–water partition coefficient (Wildman–Crippen LogP) is 3.82. The number of rotatable bonds is 3. The molecule has 0 aliphatic carbocycles. The monoisotopic (exact) mass is 248 g/mol. The number of allylic oxidation sites excluding steroid dienone is 1. The van der Waals surface area contributed by atoms with Crippen LogP contribution in [0.3, 0.4) is 0 Å². The molecule has 94 valence electrons. The van der Waals surface area contributed by atoms with E-state index in [0.29, 0.717) is 5.57 Å². The molecule has 0 atom stereocenters. The number of nitriles is 1. The van der Waals surface area contributed by atoms with Gasteiger partial charge in [-0.15, -0.1) is 0 Å². The molecule has 19 heavy (non-hydrogen) atoms. The highest BCUT2D eigenvalue weighted by Gasteiger charge is 2.02. The van der Waals surface area contributed by atoms with Crippen LogP contribution in [0.2, 0.25) is 0 Å². The van der Waals surface area contributed by atoms with Gasteiger partial charge in [-0.3, -0.25) is 0 Å². The van der Waals surface area contributed by atoms with Crippen LogP contribution in [-0.4, -0.2) is 14.1 Å². The summed E-state index contributed by atoms with van der Waals surface area (Å²) in [4.78, 5) is 2.04. The van der Waals surface area contributed by atoms with Crippen LogP contribution < -0.4 is 4.90 Å². The minimum Gasteiger partial charge on any atom is -0.378 e. The van der Waals surface area contributed by atoms with Gasteiger partial charge in [0.15, 0.2) is 0 Å². The van der Waals surface area contributed by atoms with E-state index in [9.17, 15) is 5.26 Å². The molecule has 0 saturated heterocycles. The Balaban J connectivity index is 2.33. The van der Waals surface area contributed by atoms with E-state index in [-0.39, 0.29) is 0 Å². The number of hydrogen-bond donors (Lipinski definition) is 0. The quantitative estimate of drug-likeness (QED) is 0.610. The summed E-state index contributed by atoms with van der Waals surface area (Å²) in [6.45, 7) is 0. The number of anilines is 1. The van der Waals surface area contributed by atoms with Gasteiger partial charge in [-0.2, -0.15) is 5.26 Å². The van der Waals surface area contributed by atoms with E-state index < -0.39 is 0 Å². The molecular weight excluding hydrogens is 232 g/mol. The fourth-order valence-electron chi connectivity index (χ4n) is 1.84. The summed E-state index contributed by atoms with van der Waals surface area (Å²) in [5.41, 5.74) is 3.78. The van der Waals surface area contributed by atoms with E-state index in [0.717, 1.165) is 16.8 Å². The van der Waals surface area contributed by atoms with Crippen molar-refractivity contribution in [2.24, 2.45) is 0 Å². The van der Waals surface area contributed by atoms with Gasteiger partial charge in [-0.1, -0.05) is 42.5 Å². The van der Waals surface area contributed by atoms with E-state index in [1.807, 2.05) is 79.7 Å². The summed E-state index contributed by atoms with van der Waals surface area (Å²) in [5, 5.41) is 9.29. The van der Waals surface area contributed by atoms with E-state index in [2.05, 4.69) is 6.07 Å². The molecule has 0 heterocycles. The Morgan fingerprint density at radius 1 is 1.00 bits per heavy atom. The zero-order chi connectivity index (χ0) is 13.7. The Hall–Kier alpha value is -2.53. The molecule has 0 spiro atoms. The molecule has 0 radical (unpaired) electrons. The second-order valence-electron chi connectivity index (χ2n) is 4.52. The lowest BCUT2D eigenvalue weighted by Gasteiger charge is -2.12. The first-order valence-corrected chi connectivity index (χ1v) is 6.15. The third-order valence-corrected chi connectivity index (χ3v) is 2.93. The Bertz CT molecular complexity index is 602. The standard InChI is InChI=1S/C17H16N2/c1-19(2)17-10-8-15(9-11-17)16(13-18)12-14-6-4-3-5-7-14/h3-12H,1-2H3/b16-12+. The number of hydrogen-bond acceptors (Lipinski definition) is 2. The molecule has 0 saturated carbocycles. The van der Waals surface area contributed by atoms with Crippen molar-refractivity contribution >= 4 is 17.3 Å². The third kappa shape index (κ3) is 3.23. The van der Waals surface area contributed by atoms with Crippen molar-refractivity contribution in [3.8, 4) is 6.07 Å². The highest BCUT2D eigenvalue weighted by Crippen LogP contribution is 2.20. The van der Waals surface area contributed by atoms with Crippen LogP contribution in [0.1, 0.15) is 11.1 Å². The molecule has 2 aromatic carbocycles. The van der Waals surface area contributed by atoms with Crippen molar-refractivity contribution in [1.29, 1.82) is 5.26 Å². The molecule has 2 nitrogen and oxygen atoms in total. The maximum Gasteiger partial charge on any atom is 0.0998 e. The van der Waals surface area contributed by atoms with Crippen molar-refractivity contribution in [3.05, 3.63) is 65.7 Å². The van der Waals surface area contributed by atoms with Crippen molar-refractivity contribution in [3.63, 3.8) is 0 Å². The number of benzene rings is 2. The fraction of sp³-hybridized carbons (Fsp3) is 0.118. The van der Waals surface area contributed by atoms with Crippen molar-refractivity contribution in [2.75, 3.05) is 19.0 Å². The van der Waals surface area contributed by atoms with E-state index in [1.54, 1.807) is 0 Å². The van der Waals surface area contributed by atoms with Gasteiger partial charge in [0.1, 0.15) is 0 Å². The van der Waals surface area contributed by atoms with Crippen molar-refractivity contribution in [2.45, 2.75) is 0 Å². The van der Waals surface area contributed by atoms with Crippen LogP contribution in [0.25, 0.3) is 11.6 Å². The Morgan fingerprint density at radius 2 is 1.63 bits per heavy atom. The zero-order valence-corrected chi connectivity index (χ0v) is 11.2. The normalized spacial score (nSPS) is 10.9. The second kappa shape index (κ2) is 5.88. The summed E-state index contributed by atoms with van der Waals surface area (Å²) >= 11 is 0. The highest BCUT2D eigenvalue weighted by atomic mass is 15.1. The zero-order valence-electron chi connectivity index (χ0n) is 11.2. The van der Waals surface area contributed by atoms with Gasteiger partial charge >= 0.3 is 0 Å². The Morgan fingerprint density at radius 3 is 2.16 bits per heavy atom. The van der Waals surface area contributed by atoms with E-state index >= 15 is 0 Å². The molecule has 0 fully saturated rings. The van der Waals surface area contributed by atoms with Gasteiger partial charge in [0, 0.05) is 19.8 Å². The van der Waals surface area contributed by atoms with Crippen LogP contribution in [0.15, 0.2) is 54.6 Å². The summed E-state index contributed by atoms with van der Waals surface area (Å²) in [7, 11) is 4.00. The largest absolute Gasteiger partial charge is 0.378 e. The maximum atomic E-state index is 9.29. The SMILES string of the molecule is CN(C)c1ccc(/C(C#N)=C/c2ccccc2)cc1. The molecular formula is C17H16N2. The predicted molar refractivity (Wildman–Crippen MR) is 80.7 cm³/mol. The van der Waals surface area contributed by atoms with E-state index in [4.69, 9.17) is 0 Å². The van der Waals surface area contributed by atoms with Crippen molar-refractivity contribution in [1.82, 2.24) is 0 Å². The Labute approximate surface area is 114 Å². The molecule has 2 aromatic rings.